The molecule has 0 spiro atoms. The largest absolute Gasteiger partial charge is 0.401 e. The Morgan fingerprint density at radius 2 is 1.82 bits per heavy atom. The number of aromatic amines is 2. The molecule has 3 N–H and O–H groups in total. The minimum atomic E-state index is -4.20. The molecular formula is C25H25F3N10O. The minimum absolute atomic E-state index is 0.271. The van der Waals surface area contributed by atoms with Gasteiger partial charge in [0.15, 0.2) is 0 Å². The molecule has 1 saturated heterocycles. The Hall–Kier alpha value is -4.46. The van der Waals surface area contributed by atoms with Crippen molar-refractivity contribution in [3.63, 3.8) is 0 Å². The van der Waals surface area contributed by atoms with E-state index in [1.807, 2.05) is 23.1 Å². The molecule has 0 saturated carbocycles. The fourth-order valence-electron chi connectivity index (χ4n) is 4.90. The van der Waals surface area contributed by atoms with Crippen molar-refractivity contribution in [2.45, 2.75) is 12.7 Å². The highest BCUT2D eigenvalue weighted by atomic mass is 19.4. The first-order chi connectivity index (χ1) is 18.7. The van der Waals surface area contributed by atoms with E-state index in [9.17, 15) is 18.0 Å². The van der Waals surface area contributed by atoms with Crippen molar-refractivity contribution in [2.75, 3.05) is 42.9 Å². The van der Waals surface area contributed by atoms with Crippen LogP contribution < -0.4 is 15.8 Å². The molecule has 1 fully saturated rings. The maximum absolute atomic E-state index is 13.3. The lowest BCUT2D eigenvalue weighted by molar-refractivity contribution is -0.146. The number of rotatable bonds is 6. The summed E-state index contributed by atoms with van der Waals surface area (Å²) in [7, 11) is 1.77. The average Bonchev–Trinajstić information content (AvgIpc) is 3.49. The molecule has 1 aliphatic rings. The van der Waals surface area contributed by atoms with Gasteiger partial charge in [-0.1, -0.05) is 0 Å². The smallest absolute Gasteiger partial charge is 0.375 e. The molecule has 0 atom stereocenters. The number of halogens is 3. The molecule has 0 bridgehead atoms. The van der Waals surface area contributed by atoms with Gasteiger partial charge in [0.25, 0.3) is 5.56 Å². The second kappa shape index (κ2) is 9.69. The van der Waals surface area contributed by atoms with Crippen molar-refractivity contribution in [2.24, 2.45) is 7.05 Å². The van der Waals surface area contributed by atoms with Crippen LogP contribution in [0.15, 0.2) is 47.7 Å². The van der Waals surface area contributed by atoms with Crippen LogP contribution in [0, 0.1) is 0 Å². The first-order valence-electron chi connectivity index (χ1n) is 12.4. The van der Waals surface area contributed by atoms with Crippen molar-refractivity contribution in [3.05, 3.63) is 59.0 Å². The molecule has 4 aromatic heterocycles. The molecule has 0 unspecified atom stereocenters. The monoisotopic (exact) mass is 538 g/mol. The van der Waals surface area contributed by atoms with E-state index in [0.29, 0.717) is 71.1 Å². The average molecular weight is 539 g/mol. The summed E-state index contributed by atoms with van der Waals surface area (Å²) in [6.07, 6.45) is 0.813. The molecule has 39 heavy (non-hydrogen) atoms. The van der Waals surface area contributed by atoms with E-state index < -0.39 is 12.7 Å². The van der Waals surface area contributed by atoms with E-state index in [1.54, 1.807) is 36.4 Å². The summed E-state index contributed by atoms with van der Waals surface area (Å²) >= 11 is 0. The molecular weight excluding hydrogens is 513 g/mol. The van der Waals surface area contributed by atoms with Gasteiger partial charge in [-0.05, 0) is 24.3 Å². The first kappa shape index (κ1) is 24.9. The zero-order valence-corrected chi connectivity index (χ0v) is 21.0. The number of H-pyrrole nitrogens is 2. The summed E-state index contributed by atoms with van der Waals surface area (Å²) in [5, 5.41) is 7.81. The molecule has 0 radical (unpaired) electrons. The quantitative estimate of drug-likeness (QED) is 0.302. The van der Waals surface area contributed by atoms with E-state index >= 15 is 0 Å². The summed E-state index contributed by atoms with van der Waals surface area (Å²) in [5.41, 5.74) is 3.84. The number of benzene rings is 1. The number of anilines is 2. The Labute approximate surface area is 219 Å². The third-order valence-corrected chi connectivity index (χ3v) is 6.68. The van der Waals surface area contributed by atoms with E-state index in [0.717, 1.165) is 5.69 Å². The number of imidazole rings is 1. The second-order valence-corrected chi connectivity index (χ2v) is 9.45. The van der Waals surface area contributed by atoms with Crippen LogP contribution in [0.1, 0.15) is 5.82 Å². The number of aromatic nitrogens is 7. The van der Waals surface area contributed by atoms with Gasteiger partial charge >= 0.3 is 6.18 Å². The van der Waals surface area contributed by atoms with E-state index in [-0.39, 0.29) is 12.1 Å². The van der Waals surface area contributed by atoms with Gasteiger partial charge in [0, 0.05) is 57.5 Å². The number of fused-ring (bicyclic) bond motifs is 2. The van der Waals surface area contributed by atoms with Crippen LogP contribution in [-0.4, -0.2) is 78.5 Å². The number of piperazine rings is 1. The van der Waals surface area contributed by atoms with Gasteiger partial charge < -0.3 is 20.2 Å². The predicted octanol–water partition coefficient (Wildman–Crippen LogP) is 2.89. The number of nitrogens with one attached hydrogen (secondary N) is 3. The van der Waals surface area contributed by atoms with Crippen molar-refractivity contribution in [1.82, 2.24) is 39.6 Å². The van der Waals surface area contributed by atoms with E-state index in [2.05, 4.69) is 35.3 Å². The highest BCUT2D eigenvalue weighted by Crippen LogP contribution is 2.31. The van der Waals surface area contributed by atoms with Gasteiger partial charge in [-0.15, -0.1) is 0 Å². The minimum Gasteiger partial charge on any atom is -0.375 e. The Morgan fingerprint density at radius 3 is 2.56 bits per heavy atom. The number of alkyl halides is 3. The maximum atomic E-state index is 13.3. The lowest BCUT2D eigenvalue weighted by Crippen LogP contribution is -2.49. The lowest BCUT2D eigenvalue weighted by Gasteiger charge is -2.36. The number of hydrogen-bond donors (Lipinski definition) is 3. The van der Waals surface area contributed by atoms with Crippen LogP contribution in [0.25, 0.3) is 33.5 Å². The summed E-state index contributed by atoms with van der Waals surface area (Å²) in [5.74, 6) is 0.917. The highest BCUT2D eigenvalue weighted by Gasteiger charge is 2.32. The van der Waals surface area contributed by atoms with Gasteiger partial charge in [0.05, 0.1) is 35.3 Å². The molecule has 1 aliphatic heterocycles. The van der Waals surface area contributed by atoms with Gasteiger partial charge in [0.1, 0.15) is 22.7 Å². The van der Waals surface area contributed by atoms with Gasteiger partial charge in [-0.2, -0.15) is 18.3 Å². The zero-order valence-electron chi connectivity index (χ0n) is 21.0. The third kappa shape index (κ3) is 5.14. The Balaban J connectivity index is 1.32. The second-order valence-electron chi connectivity index (χ2n) is 9.45. The molecule has 6 rings (SSSR count). The summed E-state index contributed by atoms with van der Waals surface area (Å²) in [6, 6.07) is 7.36. The van der Waals surface area contributed by atoms with Gasteiger partial charge in [-0.3, -0.25) is 14.4 Å². The fraction of sp³-hybridized carbons (Fsp3) is 0.320. The van der Waals surface area contributed by atoms with Crippen LogP contribution >= 0.6 is 0 Å². The zero-order chi connectivity index (χ0) is 27.1. The SMILES string of the molecule is Cn1cc2[nH]c(=O)c(-c3nc4ccc(N5CCN(CC(F)(F)F)CC5)cc4[nH]3)c(NCc3ncccn3)c2n1. The van der Waals surface area contributed by atoms with Crippen LogP contribution in [0.5, 0.6) is 0 Å². The third-order valence-electron chi connectivity index (χ3n) is 6.68. The number of nitrogens with zero attached hydrogens (tertiary/aromatic N) is 7. The molecule has 5 heterocycles. The topological polar surface area (TPSA) is 124 Å². The van der Waals surface area contributed by atoms with E-state index in [1.165, 1.54) is 4.90 Å². The Bertz CT molecular complexity index is 1680. The Morgan fingerprint density at radius 1 is 1.05 bits per heavy atom. The number of hydrogen-bond acceptors (Lipinski definition) is 8. The molecule has 0 amide bonds. The Kier molecular flexibility index (Phi) is 6.17. The number of pyridine rings is 1. The van der Waals surface area contributed by atoms with Crippen LogP contribution in [0.4, 0.5) is 24.5 Å². The predicted molar refractivity (Wildman–Crippen MR) is 140 cm³/mol. The summed E-state index contributed by atoms with van der Waals surface area (Å²) < 4.78 is 39.9. The van der Waals surface area contributed by atoms with Crippen LogP contribution in [0.2, 0.25) is 0 Å². The standard InChI is InChI=1S/C25H25F3N10O/c1-36-13-18-21(35-36)22(31-12-19-29-5-2-6-30-19)20(24(39)34-18)23-32-16-4-3-15(11-17(16)33-23)38-9-7-37(8-10-38)14-25(26,27)28/h2-6,11,13,31H,7-10,12,14H2,1H3,(H,32,33)(H,34,39). The van der Waals surface area contributed by atoms with Gasteiger partial charge in [-0.25, -0.2) is 15.0 Å². The molecule has 14 heteroatoms. The fourth-order valence-corrected chi connectivity index (χ4v) is 4.90. The van der Waals surface area contributed by atoms with Crippen LogP contribution in [-0.2, 0) is 13.6 Å². The van der Waals surface area contributed by atoms with Crippen molar-refractivity contribution in [3.8, 4) is 11.4 Å². The molecule has 202 valence electrons. The maximum Gasteiger partial charge on any atom is 0.401 e. The van der Waals surface area contributed by atoms with Gasteiger partial charge in [0.2, 0.25) is 0 Å². The van der Waals surface area contributed by atoms with E-state index in [4.69, 9.17) is 0 Å². The molecule has 0 aliphatic carbocycles. The first-order valence-corrected chi connectivity index (χ1v) is 12.4. The lowest BCUT2D eigenvalue weighted by atomic mass is 10.2. The molecule has 1 aromatic carbocycles. The van der Waals surface area contributed by atoms with Crippen LogP contribution in [0.3, 0.4) is 0 Å². The highest BCUT2D eigenvalue weighted by molar-refractivity contribution is 5.96. The molecule has 5 aromatic rings. The summed E-state index contributed by atoms with van der Waals surface area (Å²) in [4.78, 5) is 36.0. The van der Waals surface area contributed by atoms with Crippen molar-refractivity contribution >= 4 is 33.4 Å². The normalized spacial score (nSPS) is 14.9. The van der Waals surface area contributed by atoms with Crippen molar-refractivity contribution < 1.29 is 13.2 Å². The number of aryl methyl sites for hydroxylation is 1. The summed E-state index contributed by atoms with van der Waals surface area (Å²) in [6.45, 7) is 0.985. The van der Waals surface area contributed by atoms with Crippen molar-refractivity contribution in [1.29, 1.82) is 0 Å². The molecule has 11 nitrogen and oxygen atoms in total.